The molecule has 5 aromatic rings. The predicted octanol–water partition coefficient (Wildman–Crippen LogP) is 5.69. The Morgan fingerprint density at radius 2 is 1.09 bits per heavy atom. The summed E-state index contributed by atoms with van der Waals surface area (Å²) in [6.45, 7) is 7.51. The number of hydrogen-bond donors (Lipinski definition) is 6. The van der Waals surface area contributed by atoms with Crippen LogP contribution in [0.2, 0.25) is 0 Å². The van der Waals surface area contributed by atoms with Crippen molar-refractivity contribution in [2.75, 3.05) is 32.2 Å². The molecule has 0 saturated carbocycles. The van der Waals surface area contributed by atoms with Gasteiger partial charge in [0.1, 0.15) is 29.5 Å². The third kappa shape index (κ3) is 8.67. The lowest BCUT2D eigenvalue weighted by Crippen LogP contribution is -2.51. The van der Waals surface area contributed by atoms with E-state index in [-0.39, 0.29) is 67.5 Å². The van der Waals surface area contributed by atoms with Crippen LogP contribution in [0.15, 0.2) is 60.7 Å². The lowest BCUT2D eigenvalue weighted by Gasteiger charge is -2.33. The normalized spacial score (nSPS) is 23.3. The molecule has 340 valence electrons. The van der Waals surface area contributed by atoms with E-state index in [9.17, 15) is 33.8 Å². The molecule has 8 atom stereocenters. The summed E-state index contributed by atoms with van der Waals surface area (Å²) >= 11 is 0. The fourth-order valence-corrected chi connectivity index (χ4v) is 9.64. The van der Waals surface area contributed by atoms with E-state index in [1.807, 2.05) is 64.1 Å². The molecule has 0 aliphatic carbocycles. The van der Waals surface area contributed by atoms with Crippen LogP contribution in [-0.4, -0.2) is 116 Å². The van der Waals surface area contributed by atoms with E-state index in [0.717, 1.165) is 40.7 Å². The summed E-state index contributed by atoms with van der Waals surface area (Å²) in [7, 11) is 2.48. The minimum atomic E-state index is -0.858. The Balaban J connectivity index is 1.07. The molecule has 4 amide bonds. The van der Waals surface area contributed by atoms with Crippen LogP contribution in [0, 0.1) is 17.7 Å². The van der Waals surface area contributed by atoms with Gasteiger partial charge in [-0.3, -0.25) is 9.59 Å². The number of rotatable bonds is 11. The first-order valence-electron chi connectivity index (χ1n) is 21.8. The van der Waals surface area contributed by atoms with Gasteiger partial charge >= 0.3 is 12.2 Å². The van der Waals surface area contributed by atoms with E-state index < -0.39 is 48.6 Å². The number of halogens is 1. The molecule has 17 nitrogen and oxygen atoms in total. The Bertz CT molecular complexity index is 2380. The van der Waals surface area contributed by atoms with Gasteiger partial charge in [0.05, 0.1) is 72.7 Å². The molecule has 5 heterocycles. The number of β-amino-alcohol motifs (C(OH)–C–C–N with tert-alkyl or cyclic N) is 2. The van der Waals surface area contributed by atoms with E-state index in [1.165, 1.54) is 26.4 Å². The second kappa shape index (κ2) is 18.1. The van der Waals surface area contributed by atoms with Gasteiger partial charge in [0.2, 0.25) is 11.8 Å². The summed E-state index contributed by atoms with van der Waals surface area (Å²) in [6, 6.07) is 15.5. The highest BCUT2D eigenvalue weighted by molar-refractivity contribution is 5.88. The Kier molecular flexibility index (Phi) is 12.5. The Hall–Kier alpha value is -6.27. The van der Waals surface area contributed by atoms with E-state index in [0.29, 0.717) is 22.7 Å². The number of H-pyrrole nitrogens is 2. The van der Waals surface area contributed by atoms with Crippen molar-refractivity contribution in [2.45, 2.75) is 102 Å². The van der Waals surface area contributed by atoms with Crippen molar-refractivity contribution in [3.63, 3.8) is 0 Å². The van der Waals surface area contributed by atoms with Crippen molar-refractivity contribution in [1.29, 1.82) is 0 Å². The van der Waals surface area contributed by atoms with Crippen molar-refractivity contribution in [1.82, 2.24) is 40.4 Å². The molecule has 18 heteroatoms. The van der Waals surface area contributed by atoms with Gasteiger partial charge < -0.3 is 55.0 Å². The first-order chi connectivity index (χ1) is 30.6. The number of aliphatic hydroxyl groups is 2. The minimum absolute atomic E-state index is 0.0933. The van der Waals surface area contributed by atoms with Gasteiger partial charge in [-0.1, -0.05) is 39.8 Å². The van der Waals surface area contributed by atoms with Crippen LogP contribution < -0.4 is 15.5 Å². The fraction of sp³-hybridized carbons (Fsp3) is 0.478. The number of nitrogens with zero attached hydrogens (tertiary/aromatic N) is 5. The second-order valence-electron chi connectivity index (χ2n) is 17.8. The third-order valence-corrected chi connectivity index (χ3v) is 12.9. The lowest BCUT2D eigenvalue weighted by atomic mass is 10.0. The summed E-state index contributed by atoms with van der Waals surface area (Å²) in [5.74, 6) is -0.432. The van der Waals surface area contributed by atoms with Crippen LogP contribution in [0.25, 0.3) is 22.1 Å². The number of hydrogen-bond acceptors (Lipinski definition) is 11. The number of aliphatic hydroxyl groups excluding tert-OH is 2. The van der Waals surface area contributed by atoms with E-state index in [4.69, 9.17) is 19.4 Å². The number of imidazole rings is 2. The lowest BCUT2D eigenvalue weighted by molar-refractivity contribution is -0.136. The number of benzene rings is 3. The molecule has 3 aliphatic heterocycles. The van der Waals surface area contributed by atoms with Crippen LogP contribution in [-0.2, 0) is 19.1 Å². The van der Waals surface area contributed by atoms with Crippen molar-refractivity contribution in [2.24, 2.45) is 11.8 Å². The number of aromatic amines is 2. The van der Waals surface area contributed by atoms with E-state index in [2.05, 4.69) is 25.5 Å². The minimum Gasteiger partial charge on any atom is -0.453 e. The SMILES string of the molecule is COC(=O)N[C@H](C(=O)N1C[C@@H](O)C[C@H]1c1nc2cc(C3CCC(c4ccc5[nH]c([C@@H]6C[C@H](O)CN6C(=O)[C@@H](NC(=O)OC)C(C)C)nc5c4)N3c3ccc(F)cc3)ccc2[nH]1)C(C)C. The maximum absolute atomic E-state index is 14.4. The maximum Gasteiger partial charge on any atom is 0.407 e. The van der Waals surface area contributed by atoms with Gasteiger partial charge in [0, 0.05) is 31.6 Å². The zero-order chi connectivity index (χ0) is 45.6. The molecule has 0 bridgehead atoms. The van der Waals surface area contributed by atoms with Crippen LogP contribution in [0.1, 0.15) is 100 Å². The second-order valence-corrected chi connectivity index (χ2v) is 17.8. The van der Waals surface area contributed by atoms with E-state index in [1.54, 1.807) is 21.9 Å². The summed E-state index contributed by atoms with van der Waals surface area (Å²) in [6.07, 6.45) is -0.888. The van der Waals surface area contributed by atoms with Gasteiger partial charge in [-0.15, -0.1) is 0 Å². The van der Waals surface area contributed by atoms with E-state index >= 15 is 0 Å². The molecule has 3 saturated heterocycles. The van der Waals surface area contributed by atoms with Crippen molar-refractivity contribution < 1.29 is 43.3 Å². The molecule has 2 aromatic heterocycles. The maximum atomic E-state index is 14.4. The largest absolute Gasteiger partial charge is 0.453 e. The zero-order valence-electron chi connectivity index (χ0n) is 36.7. The van der Waals surface area contributed by atoms with Gasteiger partial charge in [-0.25, -0.2) is 23.9 Å². The van der Waals surface area contributed by atoms with Gasteiger partial charge in [-0.2, -0.15) is 0 Å². The van der Waals surface area contributed by atoms with Crippen molar-refractivity contribution in [3.8, 4) is 0 Å². The van der Waals surface area contributed by atoms with Gasteiger partial charge in [0.25, 0.3) is 0 Å². The number of likely N-dealkylation sites (tertiary alicyclic amines) is 2. The summed E-state index contributed by atoms with van der Waals surface area (Å²) in [5, 5.41) is 26.8. The molecule has 6 N–H and O–H groups in total. The van der Waals surface area contributed by atoms with Crippen molar-refractivity contribution >= 4 is 51.8 Å². The number of fused-ring (bicyclic) bond motifs is 2. The monoisotopic (exact) mass is 881 g/mol. The number of methoxy groups -OCH3 is 2. The molecule has 3 aromatic carbocycles. The number of anilines is 1. The molecular formula is C46H56FN9O8. The average Bonchev–Trinajstić information content (AvgIpc) is 4.12. The molecule has 2 unspecified atom stereocenters. The quantitative estimate of drug-likeness (QED) is 0.0947. The highest BCUT2D eigenvalue weighted by Crippen LogP contribution is 2.48. The number of amides is 4. The number of carbonyl (C=O) groups excluding carboxylic acids is 4. The molecule has 3 fully saturated rings. The van der Waals surface area contributed by atoms with Gasteiger partial charge in [0.15, 0.2) is 0 Å². The van der Waals surface area contributed by atoms with Crippen molar-refractivity contribution in [3.05, 3.63) is 89.3 Å². The number of ether oxygens (including phenoxy) is 2. The molecule has 8 rings (SSSR count). The predicted molar refractivity (Wildman–Crippen MR) is 234 cm³/mol. The fourth-order valence-electron chi connectivity index (χ4n) is 9.64. The Morgan fingerprint density at radius 1 is 0.672 bits per heavy atom. The van der Waals surface area contributed by atoms with Crippen LogP contribution in [0.4, 0.5) is 19.7 Å². The molecule has 0 radical (unpaired) electrons. The number of alkyl carbamates (subject to hydrolysis) is 2. The highest BCUT2D eigenvalue weighted by Gasteiger charge is 2.43. The van der Waals surface area contributed by atoms with Crippen LogP contribution in [0.3, 0.4) is 0 Å². The summed E-state index contributed by atoms with van der Waals surface area (Å²) in [4.78, 5) is 74.1. The number of nitrogens with one attached hydrogen (secondary N) is 4. The Labute approximate surface area is 369 Å². The first kappa shape index (κ1) is 44.3. The highest BCUT2D eigenvalue weighted by atomic mass is 19.1. The molecule has 3 aliphatic rings. The summed E-state index contributed by atoms with van der Waals surface area (Å²) in [5.41, 5.74) is 5.72. The standard InChI is InChI=1S/C46H56FN9O8/c1-23(2)39(52-45(61)63-5)43(59)54-21-29(57)19-37(54)41-48-31-13-7-25(17-33(31)50-41)35-15-16-36(56(35)28-11-9-27(47)10-12-28)26-8-14-32-34(18-26)51-42(49-32)38-20-30(58)22-55(38)44(60)40(24(3)4)53-46(62)64-6/h7-14,17-18,23-24,29-30,35-40,57-58H,15-16,19-22H2,1-6H3,(H,48,50)(H,49,51)(H,52,61)(H,53,62)/t29-,30-,35?,36?,37-,38-,39-,40-/m0/s1. The number of aromatic nitrogens is 4. The van der Waals surface area contributed by atoms with Crippen LogP contribution >= 0.6 is 0 Å². The topological polar surface area (TPSA) is 218 Å². The molecule has 64 heavy (non-hydrogen) atoms. The molecular weight excluding hydrogens is 826 g/mol. The average molecular weight is 882 g/mol. The molecule has 0 spiro atoms. The summed E-state index contributed by atoms with van der Waals surface area (Å²) < 4.78 is 23.9. The number of carbonyl (C=O) groups is 4. The van der Waals surface area contributed by atoms with Gasteiger partial charge in [-0.05, 0) is 84.3 Å². The Morgan fingerprint density at radius 3 is 1.48 bits per heavy atom. The zero-order valence-corrected chi connectivity index (χ0v) is 36.7. The first-order valence-corrected chi connectivity index (χ1v) is 21.8. The smallest absolute Gasteiger partial charge is 0.407 e. The van der Waals surface area contributed by atoms with Crippen LogP contribution in [0.5, 0.6) is 0 Å². The third-order valence-electron chi connectivity index (χ3n) is 12.9.